The Hall–Kier alpha value is -1.91. The van der Waals surface area contributed by atoms with Gasteiger partial charge in [0.1, 0.15) is 5.75 Å². The number of ether oxygens (including phenoxy) is 2. The predicted octanol–water partition coefficient (Wildman–Crippen LogP) is 1.70. The second-order valence-electron chi connectivity index (χ2n) is 3.76. The van der Waals surface area contributed by atoms with Gasteiger partial charge in [0.05, 0.1) is 6.42 Å². The van der Waals surface area contributed by atoms with Crippen LogP contribution < -0.4 is 9.47 Å². The molecule has 0 aromatic heterocycles. The molecule has 0 spiro atoms. The number of fused-ring (bicyclic) bond motifs is 1. The van der Waals surface area contributed by atoms with Crippen molar-refractivity contribution in [3.8, 4) is 17.2 Å². The van der Waals surface area contributed by atoms with Crippen molar-refractivity contribution in [1.29, 1.82) is 0 Å². The first-order chi connectivity index (χ1) is 7.58. The summed E-state index contributed by atoms with van der Waals surface area (Å²) in [6.45, 7) is 1.87. The van der Waals surface area contributed by atoms with Crippen molar-refractivity contribution in [3.05, 3.63) is 17.7 Å². The zero-order valence-corrected chi connectivity index (χ0v) is 8.77. The summed E-state index contributed by atoms with van der Waals surface area (Å²) in [4.78, 5) is 10.6. The van der Waals surface area contributed by atoms with Crippen molar-refractivity contribution in [2.45, 2.75) is 19.3 Å². The second-order valence-corrected chi connectivity index (χ2v) is 3.76. The summed E-state index contributed by atoms with van der Waals surface area (Å²) in [6.07, 6.45) is -0.0345. The van der Waals surface area contributed by atoms with E-state index in [-0.39, 0.29) is 24.9 Å². The summed E-state index contributed by atoms with van der Waals surface area (Å²) in [7, 11) is 0. The molecule has 5 nitrogen and oxygen atoms in total. The fourth-order valence-corrected chi connectivity index (χ4v) is 1.71. The average Bonchev–Trinajstić information content (AvgIpc) is 2.61. The Bertz CT molecular complexity index is 427. The Labute approximate surface area is 92.2 Å². The lowest BCUT2D eigenvalue weighted by atomic mass is 9.96. The van der Waals surface area contributed by atoms with Gasteiger partial charge >= 0.3 is 5.97 Å². The van der Waals surface area contributed by atoms with Gasteiger partial charge in [-0.25, -0.2) is 0 Å². The maximum Gasteiger partial charge on any atom is 0.303 e. The highest BCUT2D eigenvalue weighted by molar-refractivity contribution is 5.68. The number of aromatic hydroxyl groups is 1. The highest BCUT2D eigenvalue weighted by Crippen LogP contribution is 2.40. The molecule has 2 N–H and O–H groups in total. The molecule has 0 saturated carbocycles. The first kappa shape index (κ1) is 10.6. The van der Waals surface area contributed by atoms with E-state index in [0.717, 1.165) is 0 Å². The maximum absolute atomic E-state index is 10.6. The molecule has 1 atom stereocenters. The molecule has 86 valence electrons. The van der Waals surface area contributed by atoms with Crippen molar-refractivity contribution in [2.24, 2.45) is 0 Å². The van der Waals surface area contributed by atoms with Crippen LogP contribution in [0.5, 0.6) is 17.2 Å². The first-order valence-electron chi connectivity index (χ1n) is 4.92. The summed E-state index contributed by atoms with van der Waals surface area (Å²) in [6, 6.07) is 3.08. The normalized spacial score (nSPS) is 14.8. The van der Waals surface area contributed by atoms with E-state index < -0.39 is 5.97 Å². The number of benzene rings is 1. The largest absolute Gasteiger partial charge is 0.508 e. The second kappa shape index (κ2) is 3.92. The van der Waals surface area contributed by atoms with Gasteiger partial charge in [0.2, 0.25) is 6.79 Å². The van der Waals surface area contributed by atoms with E-state index >= 15 is 0 Å². The number of hydrogen-bond donors (Lipinski definition) is 2. The third kappa shape index (κ3) is 1.88. The quantitative estimate of drug-likeness (QED) is 0.817. The summed E-state index contributed by atoms with van der Waals surface area (Å²) in [5.74, 6) is -0.0941. The molecule has 2 rings (SSSR count). The van der Waals surface area contributed by atoms with Crippen molar-refractivity contribution < 1.29 is 24.5 Å². The van der Waals surface area contributed by atoms with Crippen molar-refractivity contribution in [1.82, 2.24) is 0 Å². The van der Waals surface area contributed by atoms with Crippen LogP contribution in [0.4, 0.5) is 0 Å². The van der Waals surface area contributed by atoms with Gasteiger partial charge in [-0.15, -0.1) is 0 Å². The summed E-state index contributed by atoms with van der Waals surface area (Å²) >= 11 is 0. The maximum atomic E-state index is 10.6. The molecule has 0 bridgehead atoms. The van der Waals surface area contributed by atoms with Gasteiger partial charge in [-0.3, -0.25) is 4.79 Å². The average molecular weight is 224 g/mol. The van der Waals surface area contributed by atoms with Crippen molar-refractivity contribution >= 4 is 5.97 Å². The Morgan fingerprint density at radius 2 is 2.06 bits per heavy atom. The molecule has 1 aromatic carbocycles. The number of rotatable bonds is 3. The van der Waals surface area contributed by atoms with Gasteiger partial charge < -0.3 is 19.7 Å². The lowest BCUT2D eigenvalue weighted by Gasteiger charge is -2.11. The fraction of sp³-hybridized carbons (Fsp3) is 0.364. The van der Waals surface area contributed by atoms with Gasteiger partial charge in [0.15, 0.2) is 11.5 Å². The highest BCUT2D eigenvalue weighted by Gasteiger charge is 2.21. The summed E-state index contributed by atoms with van der Waals surface area (Å²) in [5, 5.41) is 18.4. The molecular weight excluding hydrogens is 212 g/mol. The van der Waals surface area contributed by atoms with E-state index in [2.05, 4.69) is 0 Å². The third-order valence-corrected chi connectivity index (χ3v) is 2.53. The van der Waals surface area contributed by atoms with Crippen LogP contribution in [0, 0.1) is 0 Å². The van der Waals surface area contributed by atoms with Crippen LogP contribution >= 0.6 is 0 Å². The van der Waals surface area contributed by atoms with Crippen LogP contribution in [0.15, 0.2) is 12.1 Å². The van der Waals surface area contributed by atoms with Crippen LogP contribution in [0.1, 0.15) is 24.8 Å². The number of carboxylic acid groups (broad SMARTS) is 1. The Morgan fingerprint density at radius 3 is 2.69 bits per heavy atom. The molecule has 1 aliphatic rings. The van der Waals surface area contributed by atoms with Crippen LogP contribution in [0.3, 0.4) is 0 Å². The number of aliphatic carboxylic acids is 1. The Balaban J connectivity index is 2.30. The molecule has 1 heterocycles. The first-order valence-corrected chi connectivity index (χ1v) is 4.92. The van der Waals surface area contributed by atoms with Gasteiger partial charge in [-0.1, -0.05) is 6.92 Å². The van der Waals surface area contributed by atoms with E-state index in [1.54, 1.807) is 13.0 Å². The number of carbonyl (C=O) groups is 1. The van der Waals surface area contributed by atoms with Crippen LogP contribution in [0.25, 0.3) is 0 Å². The molecule has 1 aromatic rings. The number of phenols is 1. The number of phenolic OH excluding ortho intramolecular Hbond substituents is 1. The van der Waals surface area contributed by atoms with Crippen LogP contribution in [-0.2, 0) is 4.79 Å². The molecular formula is C11H12O5. The Morgan fingerprint density at radius 1 is 1.44 bits per heavy atom. The molecule has 1 aliphatic heterocycles. The highest BCUT2D eigenvalue weighted by atomic mass is 16.7. The summed E-state index contributed by atoms with van der Waals surface area (Å²) in [5.41, 5.74) is 0.562. The van der Waals surface area contributed by atoms with Gasteiger partial charge in [-0.05, 0) is 12.0 Å². The van der Waals surface area contributed by atoms with E-state index in [0.29, 0.717) is 17.1 Å². The van der Waals surface area contributed by atoms with Crippen molar-refractivity contribution in [3.63, 3.8) is 0 Å². The van der Waals surface area contributed by atoms with E-state index in [1.807, 2.05) is 0 Å². The predicted molar refractivity (Wildman–Crippen MR) is 54.9 cm³/mol. The van der Waals surface area contributed by atoms with E-state index in [1.165, 1.54) is 6.07 Å². The minimum Gasteiger partial charge on any atom is -0.508 e. The monoisotopic (exact) mass is 224 g/mol. The standard InChI is InChI=1S/C11H12O5/c1-6(2-11(13)14)7-3-9-10(4-8(7)12)16-5-15-9/h3-4,6,12H,2,5H2,1H3,(H,13,14). The minimum atomic E-state index is -0.899. The fourth-order valence-electron chi connectivity index (χ4n) is 1.71. The molecule has 5 heteroatoms. The number of hydrogen-bond acceptors (Lipinski definition) is 4. The molecule has 16 heavy (non-hydrogen) atoms. The Kier molecular flexibility index (Phi) is 2.60. The molecule has 0 radical (unpaired) electrons. The smallest absolute Gasteiger partial charge is 0.303 e. The third-order valence-electron chi connectivity index (χ3n) is 2.53. The molecule has 0 saturated heterocycles. The topological polar surface area (TPSA) is 76.0 Å². The molecule has 1 unspecified atom stereocenters. The van der Waals surface area contributed by atoms with E-state index in [4.69, 9.17) is 14.6 Å². The molecule has 0 amide bonds. The zero-order chi connectivity index (χ0) is 11.7. The number of carboxylic acids is 1. The zero-order valence-electron chi connectivity index (χ0n) is 8.77. The van der Waals surface area contributed by atoms with Crippen LogP contribution in [0.2, 0.25) is 0 Å². The van der Waals surface area contributed by atoms with E-state index in [9.17, 15) is 9.90 Å². The SMILES string of the molecule is CC(CC(=O)O)c1cc2c(cc1O)OCO2. The molecule has 0 fully saturated rings. The lowest BCUT2D eigenvalue weighted by molar-refractivity contribution is -0.137. The summed E-state index contributed by atoms with van der Waals surface area (Å²) < 4.78 is 10.3. The minimum absolute atomic E-state index is 0.0345. The molecule has 0 aliphatic carbocycles. The lowest BCUT2D eigenvalue weighted by Crippen LogP contribution is -2.03. The van der Waals surface area contributed by atoms with Gasteiger partial charge in [0.25, 0.3) is 0 Å². The van der Waals surface area contributed by atoms with Gasteiger partial charge in [0, 0.05) is 11.6 Å². The van der Waals surface area contributed by atoms with Crippen LogP contribution in [-0.4, -0.2) is 23.0 Å². The van der Waals surface area contributed by atoms with Gasteiger partial charge in [-0.2, -0.15) is 0 Å². The van der Waals surface area contributed by atoms with Crippen molar-refractivity contribution in [2.75, 3.05) is 6.79 Å².